The Morgan fingerprint density at radius 3 is 2.47 bits per heavy atom. The molecular weight excluding hydrogens is 245 g/mol. The maximum absolute atomic E-state index is 13.4. The third kappa shape index (κ3) is 2.02. The molecule has 0 aliphatic carbocycles. The predicted molar refractivity (Wildman–Crippen MR) is 50.1 cm³/mol. The standard InChI is InChI=1S/C9H6F5N3/c10-4-1-2-5-7(6(4)11)17(8(15)16-5)3-9(12,13)14/h1-2H,3H2,(H2,15,16). The van der Waals surface area contributed by atoms with Gasteiger partial charge in [0.1, 0.15) is 12.1 Å². The number of halogens is 5. The quantitative estimate of drug-likeness (QED) is 0.791. The first-order valence-corrected chi connectivity index (χ1v) is 4.46. The van der Waals surface area contributed by atoms with Gasteiger partial charge in [-0.3, -0.25) is 4.57 Å². The van der Waals surface area contributed by atoms with Gasteiger partial charge in [0.25, 0.3) is 0 Å². The zero-order valence-corrected chi connectivity index (χ0v) is 8.22. The second kappa shape index (κ2) is 3.57. The van der Waals surface area contributed by atoms with E-state index in [1.54, 1.807) is 0 Å². The molecule has 2 aromatic rings. The molecule has 0 saturated carbocycles. The maximum atomic E-state index is 13.4. The molecule has 1 aromatic heterocycles. The molecule has 92 valence electrons. The number of hydrogen-bond acceptors (Lipinski definition) is 2. The molecule has 17 heavy (non-hydrogen) atoms. The molecule has 0 fully saturated rings. The molecule has 0 amide bonds. The number of benzene rings is 1. The van der Waals surface area contributed by atoms with E-state index in [1.165, 1.54) is 0 Å². The zero-order valence-electron chi connectivity index (χ0n) is 8.22. The van der Waals surface area contributed by atoms with Crippen LogP contribution < -0.4 is 5.73 Å². The van der Waals surface area contributed by atoms with Gasteiger partial charge in [0.05, 0.1) is 5.52 Å². The molecule has 0 radical (unpaired) electrons. The van der Waals surface area contributed by atoms with Crippen LogP contribution in [-0.4, -0.2) is 15.7 Å². The van der Waals surface area contributed by atoms with Gasteiger partial charge >= 0.3 is 6.18 Å². The first-order valence-electron chi connectivity index (χ1n) is 4.46. The van der Waals surface area contributed by atoms with Crippen LogP contribution in [0.5, 0.6) is 0 Å². The van der Waals surface area contributed by atoms with E-state index in [0.29, 0.717) is 4.57 Å². The van der Waals surface area contributed by atoms with Crippen molar-refractivity contribution in [1.29, 1.82) is 0 Å². The van der Waals surface area contributed by atoms with Crippen LogP contribution in [0.25, 0.3) is 11.0 Å². The van der Waals surface area contributed by atoms with Crippen molar-refractivity contribution in [2.24, 2.45) is 0 Å². The Bertz CT molecular complexity index is 572. The molecular formula is C9H6F5N3. The highest BCUT2D eigenvalue weighted by Gasteiger charge is 2.31. The van der Waals surface area contributed by atoms with E-state index < -0.39 is 35.8 Å². The van der Waals surface area contributed by atoms with Crippen LogP contribution in [0.3, 0.4) is 0 Å². The topological polar surface area (TPSA) is 43.8 Å². The lowest BCUT2D eigenvalue weighted by atomic mass is 10.3. The molecule has 2 rings (SSSR count). The van der Waals surface area contributed by atoms with Crippen molar-refractivity contribution in [3.8, 4) is 0 Å². The summed E-state index contributed by atoms with van der Waals surface area (Å²) in [4.78, 5) is 3.53. The van der Waals surface area contributed by atoms with E-state index >= 15 is 0 Å². The minimum Gasteiger partial charge on any atom is -0.369 e. The van der Waals surface area contributed by atoms with E-state index in [9.17, 15) is 22.0 Å². The molecule has 3 nitrogen and oxygen atoms in total. The zero-order chi connectivity index (χ0) is 12.8. The fourth-order valence-corrected chi connectivity index (χ4v) is 1.51. The number of nitrogens with zero attached hydrogens (tertiary/aromatic N) is 2. The molecule has 0 unspecified atom stereocenters. The van der Waals surface area contributed by atoms with Crippen molar-refractivity contribution >= 4 is 17.0 Å². The molecule has 0 aliphatic heterocycles. The van der Waals surface area contributed by atoms with E-state index in [4.69, 9.17) is 5.73 Å². The van der Waals surface area contributed by atoms with Crippen molar-refractivity contribution in [3.05, 3.63) is 23.8 Å². The van der Waals surface area contributed by atoms with E-state index in [1.807, 2.05) is 0 Å². The lowest BCUT2D eigenvalue weighted by Gasteiger charge is -2.10. The van der Waals surface area contributed by atoms with Crippen molar-refractivity contribution in [2.75, 3.05) is 5.73 Å². The van der Waals surface area contributed by atoms with Gasteiger partial charge in [-0.2, -0.15) is 13.2 Å². The van der Waals surface area contributed by atoms with Gasteiger partial charge in [0.2, 0.25) is 5.95 Å². The van der Waals surface area contributed by atoms with Crippen LogP contribution in [0, 0.1) is 11.6 Å². The fraction of sp³-hybridized carbons (Fsp3) is 0.222. The number of aromatic nitrogens is 2. The summed E-state index contributed by atoms with van der Waals surface area (Å²) in [6.45, 7) is -1.52. The van der Waals surface area contributed by atoms with Crippen LogP contribution in [0.1, 0.15) is 0 Å². The van der Waals surface area contributed by atoms with Gasteiger partial charge in [0.15, 0.2) is 11.6 Å². The first kappa shape index (κ1) is 11.6. The third-order valence-electron chi connectivity index (χ3n) is 2.17. The van der Waals surface area contributed by atoms with Crippen molar-refractivity contribution in [1.82, 2.24) is 9.55 Å². The lowest BCUT2D eigenvalue weighted by molar-refractivity contribution is -0.139. The van der Waals surface area contributed by atoms with Crippen molar-refractivity contribution in [2.45, 2.75) is 12.7 Å². The van der Waals surface area contributed by atoms with E-state index in [2.05, 4.69) is 4.98 Å². The average molecular weight is 251 g/mol. The Hall–Kier alpha value is -1.86. The average Bonchev–Trinajstić information content (AvgIpc) is 2.48. The molecule has 0 saturated heterocycles. The number of alkyl halides is 3. The Morgan fingerprint density at radius 2 is 1.88 bits per heavy atom. The molecule has 1 aromatic carbocycles. The summed E-state index contributed by atoms with van der Waals surface area (Å²) in [5, 5.41) is 0. The third-order valence-corrected chi connectivity index (χ3v) is 2.17. The highest BCUT2D eigenvalue weighted by atomic mass is 19.4. The molecule has 0 spiro atoms. The smallest absolute Gasteiger partial charge is 0.369 e. The second-order valence-electron chi connectivity index (χ2n) is 3.40. The van der Waals surface area contributed by atoms with Crippen LogP contribution in [0.15, 0.2) is 12.1 Å². The summed E-state index contributed by atoms with van der Waals surface area (Å²) < 4.78 is 63.4. The van der Waals surface area contributed by atoms with Crippen LogP contribution in [0.2, 0.25) is 0 Å². The van der Waals surface area contributed by atoms with Gasteiger partial charge in [-0.05, 0) is 12.1 Å². The maximum Gasteiger partial charge on any atom is 0.406 e. The fourth-order valence-electron chi connectivity index (χ4n) is 1.51. The number of rotatable bonds is 1. The Morgan fingerprint density at radius 1 is 1.24 bits per heavy atom. The number of nitrogen functional groups attached to an aromatic ring is 1. The second-order valence-corrected chi connectivity index (χ2v) is 3.40. The van der Waals surface area contributed by atoms with Gasteiger partial charge in [-0.1, -0.05) is 0 Å². The summed E-state index contributed by atoms with van der Waals surface area (Å²) in [7, 11) is 0. The van der Waals surface area contributed by atoms with Gasteiger partial charge in [0, 0.05) is 0 Å². The van der Waals surface area contributed by atoms with Crippen LogP contribution in [-0.2, 0) is 6.54 Å². The van der Waals surface area contributed by atoms with Crippen molar-refractivity contribution in [3.63, 3.8) is 0 Å². The highest BCUT2D eigenvalue weighted by Crippen LogP contribution is 2.27. The molecule has 1 heterocycles. The van der Waals surface area contributed by atoms with E-state index in [0.717, 1.165) is 12.1 Å². The van der Waals surface area contributed by atoms with Crippen LogP contribution >= 0.6 is 0 Å². The number of nitrogens with two attached hydrogens (primary N) is 1. The SMILES string of the molecule is Nc1nc2ccc(F)c(F)c2n1CC(F)(F)F. The molecule has 2 N–H and O–H groups in total. The Balaban J connectivity index is 2.69. The van der Waals surface area contributed by atoms with Gasteiger partial charge in [-0.15, -0.1) is 0 Å². The highest BCUT2D eigenvalue weighted by molar-refractivity contribution is 5.79. The first-order chi connectivity index (χ1) is 7.79. The Labute approximate surface area is 91.6 Å². The number of fused-ring (bicyclic) bond motifs is 1. The van der Waals surface area contributed by atoms with Crippen LogP contribution in [0.4, 0.5) is 27.9 Å². The lowest BCUT2D eigenvalue weighted by Crippen LogP contribution is -2.19. The summed E-state index contributed by atoms with van der Waals surface area (Å²) in [6.07, 6.45) is -4.60. The number of imidazole rings is 1. The molecule has 0 atom stereocenters. The summed E-state index contributed by atoms with van der Waals surface area (Å²) in [5.74, 6) is -3.15. The monoisotopic (exact) mass is 251 g/mol. The summed E-state index contributed by atoms with van der Waals surface area (Å²) >= 11 is 0. The normalized spacial score (nSPS) is 12.3. The molecule has 0 aliphatic rings. The largest absolute Gasteiger partial charge is 0.406 e. The minimum absolute atomic E-state index is 0.120. The number of hydrogen-bond donors (Lipinski definition) is 1. The predicted octanol–water partition coefficient (Wildman–Crippen LogP) is 2.46. The van der Waals surface area contributed by atoms with Gasteiger partial charge in [-0.25, -0.2) is 13.8 Å². The minimum atomic E-state index is -4.60. The van der Waals surface area contributed by atoms with E-state index in [-0.39, 0.29) is 5.52 Å². The molecule has 0 bridgehead atoms. The van der Waals surface area contributed by atoms with Gasteiger partial charge < -0.3 is 5.73 Å². The molecule has 8 heteroatoms. The number of anilines is 1. The summed E-state index contributed by atoms with van der Waals surface area (Å²) in [6, 6.07) is 1.85. The summed E-state index contributed by atoms with van der Waals surface area (Å²) in [5.41, 5.74) is 4.54. The Kier molecular flexibility index (Phi) is 2.44. The van der Waals surface area contributed by atoms with Crippen molar-refractivity contribution < 1.29 is 22.0 Å².